The van der Waals surface area contributed by atoms with Gasteiger partial charge in [-0.1, -0.05) is 0 Å². The first-order valence-electron chi connectivity index (χ1n) is 5.13. The molecule has 0 aliphatic rings. The highest BCUT2D eigenvalue weighted by atomic mass is 19.1. The summed E-state index contributed by atoms with van der Waals surface area (Å²) >= 11 is 0. The molecule has 1 N–H and O–H groups in total. The Hall–Kier alpha value is -1.82. The lowest BCUT2D eigenvalue weighted by molar-refractivity contribution is 0.0953. The predicted octanol–water partition coefficient (Wildman–Crippen LogP) is 2.28. The molecule has 0 radical (unpaired) electrons. The summed E-state index contributed by atoms with van der Waals surface area (Å²) in [7, 11) is 0. The lowest BCUT2D eigenvalue weighted by Crippen LogP contribution is -2.24. The second-order valence-corrected chi connectivity index (χ2v) is 3.53. The molecule has 0 atom stereocenters. The molecule has 0 fully saturated rings. The molecule has 2 nitrogen and oxygen atoms in total. The zero-order chi connectivity index (χ0) is 12.0. The maximum atomic E-state index is 13.0. The van der Waals surface area contributed by atoms with E-state index < -0.39 is 0 Å². The van der Waals surface area contributed by atoms with Gasteiger partial charge in [-0.15, -0.1) is 12.3 Å². The van der Waals surface area contributed by atoms with Gasteiger partial charge in [0.1, 0.15) is 5.82 Å². The molecular weight excluding hydrogens is 205 g/mol. The Labute approximate surface area is 94.9 Å². The van der Waals surface area contributed by atoms with Crippen molar-refractivity contribution < 1.29 is 9.18 Å². The van der Waals surface area contributed by atoms with Crippen LogP contribution in [-0.2, 0) is 0 Å². The van der Waals surface area contributed by atoms with Crippen molar-refractivity contribution in [2.75, 3.05) is 6.54 Å². The van der Waals surface area contributed by atoms with Crippen LogP contribution in [0.4, 0.5) is 4.39 Å². The van der Waals surface area contributed by atoms with Crippen molar-refractivity contribution in [3.8, 4) is 12.3 Å². The van der Waals surface area contributed by atoms with E-state index in [1.165, 1.54) is 18.2 Å². The smallest absolute Gasteiger partial charge is 0.251 e. The number of unbranched alkanes of at least 4 members (excludes halogenated alkanes) is 1. The number of nitrogens with one attached hydrogen (secondary N) is 1. The van der Waals surface area contributed by atoms with Crippen molar-refractivity contribution in [1.82, 2.24) is 5.32 Å². The largest absolute Gasteiger partial charge is 0.352 e. The van der Waals surface area contributed by atoms with Gasteiger partial charge in [-0.25, -0.2) is 4.39 Å². The van der Waals surface area contributed by atoms with Gasteiger partial charge in [0.25, 0.3) is 5.91 Å². The molecule has 0 bridgehead atoms. The number of aryl methyl sites for hydroxylation is 1. The highest BCUT2D eigenvalue weighted by molar-refractivity contribution is 5.94. The number of halogens is 1. The maximum absolute atomic E-state index is 13.0. The van der Waals surface area contributed by atoms with E-state index in [0.717, 1.165) is 6.42 Å². The quantitative estimate of drug-likeness (QED) is 0.611. The number of hydrogen-bond donors (Lipinski definition) is 1. The highest BCUT2D eigenvalue weighted by Crippen LogP contribution is 2.08. The van der Waals surface area contributed by atoms with Crippen molar-refractivity contribution in [2.24, 2.45) is 0 Å². The van der Waals surface area contributed by atoms with E-state index in [2.05, 4.69) is 11.2 Å². The number of benzene rings is 1. The maximum Gasteiger partial charge on any atom is 0.251 e. The van der Waals surface area contributed by atoms with Gasteiger partial charge in [-0.3, -0.25) is 4.79 Å². The first kappa shape index (κ1) is 12.3. The third-order valence-corrected chi connectivity index (χ3v) is 2.20. The Bertz CT molecular complexity index is 420. The minimum absolute atomic E-state index is 0.194. The fourth-order valence-electron chi connectivity index (χ4n) is 1.28. The van der Waals surface area contributed by atoms with Crippen LogP contribution >= 0.6 is 0 Å². The summed E-state index contributed by atoms with van der Waals surface area (Å²) in [5.41, 5.74) is 0.941. The summed E-state index contributed by atoms with van der Waals surface area (Å²) in [5.74, 6) is 2.00. The summed E-state index contributed by atoms with van der Waals surface area (Å²) in [6.07, 6.45) is 6.48. The lowest BCUT2D eigenvalue weighted by atomic mass is 10.1. The van der Waals surface area contributed by atoms with Crippen LogP contribution in [0.15, 0.2) is 18.2 Å². The van der Waals surface area contributed by atoms with Crippen LogP contribution < -0.4 is 5.32 Å². The zero-order valence-electron chi connectivity index (χ0n) is 9.22. The Kier molecular flexibility index (Phi) is 4.53. The molecule has 0 saturated carbocycles. The Morgan fingerprint density at radius 1 is 1.56 bits per heavy atom. The van der Waals surface area contributed by atoms with Gasteiger partial charge < -0.3 is 5.32 Å². The fraction of sp³-hybridized carbons (Fsp3) is 0.308. The van der Waals surface area contributed by atoms with Crippen molar-refractivity contribution in [2.45, 2.75) is 19.8 Å². The van der Waals surface area contributed by atoms with Crippen molar-refractivity contribution in [1.29, 1.82) is 0 Å². The molecule has 0 heterocycles. The van der Waals surface area contributed by atoms with Gasteiger partial charge in [-0.05, 0) is 37.1 Å². The zero-order valence-corrected chi connectivity index (χ0v) is 9.22. The van der Waals surface area contributed by atoms with Crippen LogP contribution in [0.1, 0.15) is 28.8 Å². The molecule has 0 aliphatic heterocycles. The van der Waals surface area contributed by atoms with Crippen molar-refractivity contribution in [3.63, 3.8) is 0 Å². The van der Waals surface area contributed by atoms with E-state index >= 15 is 0 Å². The standard InChI is InChI=1S/C13H14FNO/c1-3-4-5-8-15-13(16)11-6-7-12(14)10(2)9-11/h1,6-7,9H,4-5,8H2,2H3,(H,15,16). The van der Waals surface area contributed by atoms with Gasteiger partial charge in [0.15, 0.2) is 0 Å². The molecule has 0 spiro atoms. The van der Waals surface area contributed by atoms with Crippen LogP contribution in [0.2, 0.25) is 0 Å². The highest BCUT2D eigenvalue weighted by Gasteiger charge is 2.06. The fourth-order valence-corrected chi connectivity index (χ4v) is 1.28. The minimum atomic E-state index is -0.302. The summed E-state index contributed by atoms with van der Waals surface area (Å²) < 4.78 is 13.0. The summed E-state index contributed by atoms with van der Waals surface area (Å²) in [6, 6.07) is 4.30. The number of rotatable bonds is 4. The molecule has 0 saturated heterocycles. The Morgan fingerprint density at radius 2 is 2.31 bits per heavy atom. The summed E-state index contributed by atoms with van der Waals surface area (Å²) in [5, 5.41) is 2.72. The van der Waals surface area contributed by atoms with E-state index in [1.54, 1.807) is 6.92 Å². The number of carbonyl (C=O) groups is 1. The first-order chi connectivity index (χ1) is 7.65. The molecule has 3 heteroatoms. The number of terminal acetylenes is 1. The topological polar surface area (TPSA) is 29.1 Å². The van der Waals surface area contributed by atoms with Crippen LogP contribution in [0.3, 0.4) is 0 Å². The Morgan fingerprint density at radius 3 is 2.94 bits per heavy atom. The second-order valence-electron chi connectivity index (χ2n) is 3.53. The van der Waals surface area contributed by atoms with E-state index in [1.807, 2.05) is 0 Å². The average molecular weight is 219 g/mol. The molecule has 84 valence electrons. The van der Waals surface area contributed by atoms with E-state index in [4.69, 9.17) is 6.42 Å². The lowest BCUT2D eigenvalue weighted by Gasteiger charge is -2.05. The number of hydrogen-bond acceptors (Lipinski definition) is 1. The van der Waals surface area contributed by atoms with Gasteiger partial charge in [0, 0.05) is 18.5 Å². The molecule has 1 aromatic carbocycles. The predicted molar refractivity (Wildman–Crippen MR) is 61.5 cm³/mol. The minimum Gasteiger partial charge on any atom is -0.352 e. The average Bonchev–Trinajstić information content (AvgIpc) is 2.28. The van der Waals surface area contributed by atoms with E-state index in [0.29, 0.717) is 24.1 Å². The summed E-state index contributed by atoms with van der Waals surface area (Å²) in [6.45, 7) is 2.17. The molecule has 0 aliphatic carbocycles. The third-order valence-electron chi connectivity index (χ3n) is 2.20. The van der Waals surface area contributed by atoms with E-state index in [-0.39, 0.29) is 11.7 Å². The SMILES string of the molecule is C#CCCCNC(=O)c1ccc(F)c(C)c1. The van der Waals surface area contributed by atoms with Gasteiger partial charge >= 0.3 is 0 Å². The van der Waals surface area contributed by atoms with E-state index in [9.17, 15) is 9.18 Å². The number of amides is 1. The number of carbonyl (C=O) groups excluding carboxylic acids is 1. The molecule has 1 rings (SSSR count). The van der Waals surface area contributed by atoms with Gasteiger partial charge in [0.05, 0.1) is 0 Å². The van der Waals surface area contributed by atoms with Crippen LogP contribution in [0.5, 0.6) is 0 Å². The first-order valence-corrected chi connectivity index (χ1v) is 5.13. The molecule has 1 amide bonds. The van der Waals surface area contributed by atoms with Crippen LogP contribution in [0, 0.1) is 25.1 Å². The normalized spacial score (nSPS) is 9.56. The summed E-state index contributed by atoms with van der Waals surface area (Å²) in [4.78, 5) is 11.6. The van der Waals surface area contributed by atoms with Crippen molar-refractivity contribution >= 4 is 5.91 Å². The van der Waals surface area contributed by atoms with Crippen LogP contribution in [-0.4, -0.2) is 12.5 Å². The van der Waals surface area contributed by atoms with Crippen molar-refractivity contribution in [3.05, 3.63) is 35.1 Å². The monoisotopic (exact) mass is 219 g/mol. The Balaban J connectivity index is 2.53. The third kappa shape index (κ3) is 3.39. The second kappa shape index (κ2) is 5.92. The molecule has 1 aromatic rings. The van der Waals surface area contributed by atoms with Gasteiger partial charge in [-0.2, -0.15) is 0 Å². The molecule has 0 aromatic heterocycles. The van der Waals surface area contributed by atoms with Crippen LogP contribution in [0.25, 0.3) is 0 Å². The molecule has 16 heavy (non-hydrogen) atoms. The van der Waals surface area contributed by atoms with Gasteiger partial charge in [0.2, 0.25) is 0 Å². The molecular formula is C13H14FNO. The molecule has 0 unspecified atom stereocenters.